The van der Waals surface area contributed by atoms with Gasteiger partial charge in [-0.2, -0.15) is 0 Å². The minimum Gasteiger partial charge on any atom is -0.249 e. The Kier molecular flexibility index (Phi) is 4.70. The Morgan fingerprint density at radius 1 is 1.53 bits per heavy atom. The number of aryl methyl sites for hydroxylation is 1. The zero-order chi connectivity index (χ0) is 14.1. The van der Waals surface area contributed by atoms with Crippen molar-refractivity contribution in [3.63, 3.8) is 0 Å². The molecule has 4 nitrogen and oxygen atoms in total. The van der Waals surface area contributed by atoms with E-state index in [4.69, 9.17) is 0 Å². The Morgan fingerprint density at radius 2 is 2.16 bits per heavy atom. The minimum atomic E-state index is -3.45. The first-order valence-corrected chi connectivity index (χ1v) is 9.81. The van der Waals surface area contributed by atoms with Crippen molar-refractivity contribution in [3.05, 3.63) is 11.2 Å². The first kappa shape index (κ1) is 15.4. The second-order valence-electron chi connectivity index (χ2n) is 5.40. The van der Waals surface area contributed by atoms with Crippen LogP contribution in [0.4, 0.5) is 0 Å². The summed E-state index contributed by atoms with van der Waals surface area (Å²) in [5.74, 6) is 0.683. The fraction of sp³-hybridized carbons (Fsp3) is 0.750. The first-order chi connectivity index (χ1) is 8.87. The molecule has 2 rings (SSSR count). The third-order valence-corrected chi connectivity index (χ3v) is 7.73. The first-order valence-electron chi connectivity index (χ1n) is 6.39. The maximum Gasteiger partial charge on any atom is 0.252 e. The van der Waals surface area contributed by atoms with Crippen LogP contribution in [0.1, 0.15) is 37.6 Å². The number of sulfonamides is 1. The number of thiazole rings is 1. The fourth-order valence-electron chi connectivity index (χ4n) is 2.38. The molecule has 7 heteroatoms. The van der Waals surface area contributed by atoms with Gasteiger partial charge in [0.15, 0.2) is 4.21 Å². The summed E-state index contributed by atoms with van der Waals surface area (Å²) in [5.41, 5.74) is -0.344. The van der Waals surface area contributed by atoms with Crippen molar-refractivity contribution in [2.45, 2.75) is 49.3 Å². The minimum absolute atomic E-state index is 0.309. The third kappa shape index (κ3) is 3.56. The number of aromatic nitrogens is 1. The van der Waals surface area contributed by atoms with Crippen molar-refractivity contribution < 1.29 is 8.42 Å². The van der Waals surface area contributed by atoms with E-state index in [0.29, 0.717) is 15.5 Å². The second kappa shape index (κ2) is 5.79. The average molecular weight is 367 g/mol. The average Bonchev–Trinajstić information content (AvgIpc) is 2.80. The van der Waals surface area contributed by atoms with Crippen LogP contribution in [0, 0.1) is 12.8 Å². The molecule has 1 saturated carbocycles. The second-order valence-corrected chi connectivity index (χ2v) is 9.11. The van der Waals surface area contributed by atoms with Crippen molar-refractivity contribution in [2.75, 3.05) is 5.33 Å². The van der Waals surface area contributed by atoms with E-state index in [1.54, 1.807) is 0 Å². The molecule has 0 spiro atoms. The number of rotatable bonds is 4. The van der Waals surface area contributed by atoms with Gasteiger partial charge in [-0.15, -0.1) is 11.3 Å². The van der Waals surface area contributed by atoms with Crippen LogP contribution < -0.4 is 4.72 Å². The van der Waals surface area contributed by atoms with Crippen LogP contribution in [0.2, 0.25) is 0 Å². The normalized spacial score (nSPS) is 28.5. The van der Waals surface area contributed by atoms with Crippen LogP contribution in [0.15, 0.2) is 10.4 Å². The summed E-state index contributed by atoms with van der Waals surface area (Å²) < 4.78 is 28.0. The van der Waals surface area contributed by atoms with E-state index in [2.05, 4.69) is 32.6 Å². The summed E-state index contributed by atoms with van der Waals surface area (Å²) in [6, 6.07) is 0. The molecule has 0 saturated heterocycles. The number of nitrogens with one attached hydrogen (secondary N) is 1. The van der Waals surface area contributed by atoms with Gasteiger partial charge in [0.2, 0.25) is 0 Å². The number of hydrogen-bond acceptors (Lipinski definition) is 4. The highest BCUT2D eigenvalue weighted by atomic mass is 79.9. The molecule has 1 aromatic rings. The lowest BCUT2D eigenvalue weighted by atomic mass is 9.79. The summed E-state index contributed by atoms with van der Waals surface area (Å²) >= 11 is 4.70. The van der Waals surface area contributed by atoms with Gasteiger partial charge in [-0.25, -0.2) is 18.1 Å². The van der Waals surface area contributed by atoms with Gasteiger partial charge >= 0.3 is 0 Å². The largest absolute Gasteiger partial charge is 0.252 e. The lowest BCUT2D eigenvalue weighted by Gasteiger charge is -2.38. The molecule has 1 N–H and O–H groups in total. The van der Waals surface area contributed by atoms with Crippen LogP contribution in [0.5, 0.6) is 0 Å². The van der Waals surface area contributed by atoms with E-state index in [9.17, 15) is 8.42 Å². The molecule has 0 atom stereocenters. The smallest absolute Gasteiger partial charge is 0.249 e. The fourth-order valence-corrected chi connectivity index (χ4v) is 5.83. The predicted molar refractivity (Wildman–Crippen MR) is 81.3 cm³/mol. The van der Waals surface area contributed by atoms with Gasteiger partial charge in [0.25, 0.3) is 10.0 Å². The van der Waals surface area contributed by atoms with Crippen molar-refractivity contribution in [3.8, 4) is 0 Å². The van der Waals surface area contributed by atoms with Crippen molar-refractivity contribution in [1.29, 1.82) is 0 Å². The van der Waals surface area contributed by atoms with Gasteiger partial charge in [0.05, 0.1) is 11.2 Å². The zero-order valence-electron chi connectivity index (χ0n) is 11.1. The van der Waals surface area contributed by atoms with Gasteiger partial charge in [0.1, 0.15) is 0 Å². The molecule has 108 valence electrons. The summed E-state index contributed by atoms with van der Waals surface area (Å²) in [6.07, 6.45) is 5.34. The third-order valence-electron chi connectivity index (χ3n) is 3.70. The Bertz CT molecular complexity index is 534. The van der Waals surface area contributed by atoms with Crippen LogP contribution in [0.3, 0.4) is 0 Å². The lowest BCUT2D eigenvalue weighted by molar-refractivity contribution is 0.250. The Morgan fingerprint density at radius 3 is 2.63 bits per heavy atom. The summed E-state index contributed by atoms with van der Waals surface area (Å²) in [6.45, 7) is 4.03. The van der Waals surface area contributed by atoms with E-state index in [-0.39, 0.29) is 5.54 Å². The van der Waals surface area contributed by atoms with Gasteiger partial charge in [-0.3, -0.25) is 0 Å². The predicted octanol–water partition coefficient (Wildman–Crippen LogP) is 3.07. The van der Waals surface area contributed by atoms with Gasteiger partial charge < -0.3 is 0 Å². The highest BCUT2D eigenvalue weighted by molar-refractivity contribution is 9.09. The van der Waals surface area contributed by atoms with E-state index in [1.807, 2.05) is 6.92 Å². The van der Waals surface area contributed by atoms with E-state index in [0.717, 1.165) is 30.7 Å². The zero-order valence-corrected chi connectivity index (χ0v) is 14.4. The number of nitrogens with zero attached hydrogens (tertiary/aromatic N) is 1. The quantitative estimate of drug-likeness (QED) is 0.832. The molecular formula is C12H19BrN2O2S2. The molecule has 0 bridgehead atoms. The van der Waals surface area contributed by atoms with Gasteiger partial charge in [0, 0.05) is 10.9 Å². The molecule has 0 amide bonds. The highest BCUT2D eigenvalue weighted by Gasteiger charge is 2.37. The molecule has 0 aromatic carbocycles. The molecule has 0 aliphatic heterocycles. The van der Waals surface area contributed by atoms with Crippen molar-refractivity contribution >= 4 is 37.3 Å². The van der Waals surface area contributed by atoms with E-state index >= 15 is 0 Å². The lowest BCUT2D eigenvalue weighted by Crippen LogP contribution is -2.51. The summed E-state index contributed by atoms with van der Waals surface area (Å²) in [5, 5.41) is 1.43. The summed E-state index contributed by atoms with van der Waals surface area (Å²) in [4.78, 5) is 4.02. The number of hydrogen-bond donors (Lipinski definition) is 1. The molecule has 1 fully saturated rings. The Hall–Kier alpha value is 0.0200. The SMILES string of the molecule is Cc1ncc(S(=O)(=O)NC2(CBr)CCC(C)CC2)s1. The van der Waals surface area contributed by atoms with Crippen LogP contribution in [-0.4, -0.2) is 24.3 Å². The van der Waals surface area contributed by atoms with Crippen molar-refractivity contribution in [1.82, 2.24) is 9.71 Å². The Labute approximate surface area is 127 Å². The summed E-state index contributed by atoms with van der Waals surface area (Å²) in [7, 11) is -3.45. The molecule has 0 radical (unpaired) electrons. The molecule has 1 aliphatic carbocycles. The maximum absolute atomic E-state index is 12.4. The van der Waals surface area contributed by atoms with E-state index in [1.165, 1.54) is 17.5 Å². The molecule has 19 heavy (non-hydrogen) atoms. The van der Waals surface area contributed by atoms with E-state index < -0.39 is 10.0 Å². The standard InChI is InChI=1S/C12H19BrN2O2S2/c1-9-3-5-12(8-13,6-4-9)15-19(16,17)11-7-14-10(2)18-11/h7,9,15H,3-6,8H2,1-2H3. The molecule has 0 unspecified atom stereocenters. The topological polar surface area (TPSA) is 59.1 Å². The maximum atomic E-state index is 12.4. The molecular weight excluding hydrogens is 348 g/mol. The number of alkyl halides is 1. The van der Waals surface area contributed by atoms with Crippen molar-refractivity contribution in [2.24, 2.45) is 5.92 Å². The van der Waals surface area contributed by atoms with Gasteiger partial charge in [-0.1, -0.05) is 22.9 Å². The molecule has 1 heterocycles. The van der Waals surface area contributed by atoms with Crippen LogP contribution >= 0.6 is 27.3 Å². The monoisotopic (exact) mass is 366 g/mol. The Balaban J connectivity index is 2.18. The molecule has 1 aliphatic rings. The van der Waals surface area contributed by atoms with Crippen LogP contribution in [-0.2, 0) is 10.0 Å². The van der Waals surface area contributed by atoms with Crippen LogP contribution in [0.25, 0.3) is 0 Å². The number of halogens is 1. The van der Waals surface area contributed by atoms with Gasteiger partial charge in [-0.05, 0) is 38.5 Å². The highest BCUT2D eigenvalue weighted by Crippen LogP contribution is 2.34. The molecule has 1 aromatic heterocycles.